The van der Waals surface area contributed by atoms with E-state index in [-0.39, 0.29) is 18.2 Å². The van der Waals surface area contributed by atoms with Crippen LogP contribution in [0.2, 0.25) is 0 Å². The Morgan fingerprint density at radius 3 is 2.43 bits per heavy atom. The Hall–Kier alpha value is -2.28. The van der Waals surface area contributed by atoms with Crippen molar-refractivity contribution in [1.82, 2.24) is 15.1 Å². The Kier molecular flexibility index (Phi) is 7.58. The van der Waals surface area contributed by atoms with E-state index in [4.69, 9.17) is 9.47 Å². The fourth-order valence-electron chi connectivity index (χ4n) is 4.08. The smallest absolute Gasteiger partial charge is 0.410 e. The van der Waals surface area contributed by atoms with Gasteiger partial charge in [0.25, 0.3) is 0 Å². The first-order valence-corrected chi connectivity index (χ1v) is 11.0. The van der Waals surface area contributed by atoms with Crippen molar-refractivity contribution in [1.29, 1.82) is 0 Å². The molecule has 0 aliphatic carbocycles. The van der Waals surface area contributed by atoms with Gasteiger partial charge in [0.2, 0.25) is 0 Å². The van der Waals surface area contributed by atoms with E-state index in [0.29, 0.717) is 32.2 Å². The lowest BCUT2D eigenvalue weighted by Gasteiger charge is -2.40. The molecule has 2 saturated heterocycles. The number of amides is 2. The summed E-state index contributed by atoms with van der Waals surface area (Å²) in [5.41, 5.74) is 0.505. The monoisotopic (exact) mass is 417 g/mol. The highest BCUT2D eigenvalue weighted by Crippen LogP contribution is 2.26. The average molecular weight is 418 g/mol. The molecule has 0 saturated carbocycles. The van der Waals surface area contributed by atoms with Crippen LogP contribution in [0, 0.1) is 5.92 Å². The minimum Gasteiger partial charge on any atom is -0.445 e. The zero-order valence-electron chi connectivity index (χ0n) is 18.4. The number of ether oxygens (including phenoxy) is 2. The van der Waals surface area contributed by atoms with E-state index in [2.05, 4.69) is 5.32 Å². The quantitative estimate of drug-likeness (QED) is 0.810. The molecular formula is C23H35N3O4. The van der Waals surface area contributed by atoms with Gasteiger partial charge in [0.15, 0.2) is 0 Å². The molecule has 1 aromatic carbocycles. The molecule has 1 N–H and O–H groups in total. The lowest BCUT2D eigenvalue weighted by atomic mass is 9.89. The van der Waals surface area contributed by atoms with Crippen LogP contribution in [0.5, 0.6) is 0 Å². The van der Waals surface area contributed by atoms with Gasteiger partial charge in [-0.05, 0) is 51.5 Å². The SMILES string of the molecule is CC(C)(C)OC(=O)N1CCNCC1CC1CCN(C(=O)OCc2ccccc2)CC1. The van der Waals surface area contributed by atoms with Crippen LogP contribution >= 0.6 is 0 Å². The van der Waals surface area contributed by atoms with Crippen molar-refractivity contribution < 1.29 is 19.1 Å². The summed E-state index contributed by atoms with van der Waals surface area (Å²) >= 11 is 0. The predicted octanol–water partition coefficient (Wildman–Crippen LogP) is 3.63. The third-order valence-corrected chi connectivity index (χ3v) is 5.66. The van der Waals surface area contributed by atoms with Crippen molar-refractivity contribution in [2.45, 2.75) is 58.3 Å². The fraction of sp³-hybridized carbons (Fsp3) is 0.652. The van der Waals surface area contributed by atoms with Gasteiger partial charge >= 0.3 is 12.2 Å². The first-order valence-electron chi connectivity index (χ1n) is 11.0. The molecule has 3 rings (SSSR count). The predicted molar refractivity (Wildman–Crippen MR) is 115 cm³/mol. The second-order valence-corrected chi connectivity index (χ2v) is 9.24. The highest BCUT2D eigenvalue weighted by atomic mass is 16.6. The largest absolute Gasteiger partial charge is 0.445 e. The third kappa shape index (κ3) is 6.62. The number of likely N-dealkylation sites (tertiary alicyclic amines) is 1. The number of hydrogen-bond donors (Lipinski definition) is 1. The van der Waals surface area contributed by atoms with Gasteiger partial charge in [-0.1, -0.05) is 30.3 Å². The molecule has 1 unspecified atom stereocenters. The summed E-state index contributed by atoms with van der Waals surface area (Å²) in [5, 5.41) is 3.40. The molecule has 1 atom stereocenters. The first kappa shape index (κ1) is 22.4. The van der Waals surface area contributed by atoms with Crippen molar-refractivity contribution in [2.24, 2.45) is 5.92 Å². The number of piperidine rings is 1. The Morgan fingerprint density at radius 2 is 1.77 bits per heavy atom. The number of piperazine rings is 1. The molecule has 30 heavy (non-hydrogen) atoms. The molecule has 2 aliphatic heterocycles. The summed E-state index contributed by atoms with van der Waals surface area (Å²) in [5.74, 6) is 0.484. The molecule has 2 aliphatic rings. The highest BCUT2D eigenvalue weighted by molar-refractivity contribution is 5.69. The van der Waals surface area contributed by atoms with Crippen LogP contribution in [0.4, 0.5) is 9.59 Å². The summed E-state index contributed by atoms with van der Waals surface area (Å²) < 4.78 is 11.1. The van der Waals surface area contributed by atoms with Gasteiger partial charge in [0, 0.05) is 38.8 Å². The zero-order chi connectivity index (χ0) is 21.6. The average Bonchev–Trinajstić information content (AvgIpc) is 2.72. The maximum absolute atomic E-state index is 12.6. The Morgan fingerprint density at radius 1 is 1.07 bits per heavy atom. The van der Waals surface area contributed by atoms with Gasteiger partial charge in [-0.2, -0.15) is 0 Å². The Bertz CT molecular complexity index is 696. The van der Waals surface area contributed by atoms with Gasteiger partial charge in [-0.15, -0.1) is 0 Å². The molecule has 2 fully saturated rings. The molecule has 2 amide bonds. The van der Waals surface area contributed by atoms with Crippen molar-refractivity contribution in [3.63, 3.8) is 0 Å². The van der Waals surface area contributed by atoms with Crippen LogP contribution in [-0.2, 0) is 16.1 Å². The van der Waals surface area contributed by atoms with E-state index in [9.17, 15) is 9.59 Å². The minimum atomic E-state index is -0.488. The maximum atomic E-state index is 12.6. The lowest BCUT2D eigenvalue weighted by molar-refractivity contribution is 0.00788. The molecule has 0 bridgehead atoms. The minimum absolute atomic E-state index is 0.134. The van der Waals surface area contributed by atoms with Crippen LogP contribution in [0.1, 0.15) is 45.6 Å². The maximum Gasteiger partial charge on any atom is 0.410 e. The summed E-state index contributed by atoms with van der Waals surface area (Å²) in [6.45, 7) is 9.65. The Labute approximate surface area is 179 Å². The van der Waals surface area contributed by atoms with E-state index in [1.807, 2.05) is 56.0 Å². The summed E-state index contributed by atoms with van der Waals surface area (Å²) in [6.07, 6.45) is 2.32. The topological polar surface area (TPSA) is 71.1 Å². The molecule has 7 heteroatoms. The van der Waals surface area contributed by atoms with E-state index in [1.165, 1.54) is 0 Å². The Balaban J connectivity index is 1.44. The van der Waals surface area contributed by atoms with Crippen molar-refractivity contribution >= 4 is 12.2 Å². The fourth-order valence-corrected chi connectivity index (χ4v) is 4.08. The van der Waals surface area contributed by atoms with Crippen LogP contribution in [-0.4, -0.2) is 66.4 Å². The van der Waals surface area contributed by atoms with Crippen LogP contribution < -0.4 is 5.32 Å². The molecule has 0 spiro atoms. The van der Waals surface area contributed by atoms with Gasteiger partial charge in [-0.25, -0.2) is 9.59 Å². The van der Waals surface area contributed by atoms with Gasteiger partial charge < -0.3 is 24.6 Å². The normalized spacial score (nSPS) is 20.7. The lowest BCUT2D eigenvalue weighted by Crippen LogP contribution is -2.55. The van der Waals surface area contributed by atoms with Gasteiger partial charge in [-0.3, -0.25) is 0 Å². The summed E-state index contributed by atoms with van der Waals surface area (Å²) in [4.78, 5) is 28.6. The number of carbonyl (C=O) groups excluding carboxylic acids is 2. The molecule has 0 aromatic heterocycles. The number of hydrogen-bond acceptors (Lipinski definition) is 5. The molecule has 0 radical (unpaired) electrons. The van der Waals surface area contributed by atoms with Crippen LogP contribution in [0.25, 0.3) is 0 Å². The van der Waals surface area contributed by atoms with Crippen molar-refractivity contribution in [2.75, 3.05) is 32.7 Å². The zero-order valence-corrected chi connectivity index (χ0v) is 18.4. The molecular weight excluding hydrogens is 382 g/mol. The van der Waals surface area contributed by atoms with Crippen molar-refractivity contribution in [3.05, 3.63) is 35.9 Å². The van der Waals surface area contributed by atoms with E-state index >= 15 is 0 Å². The van der Waals surface area contributed by atoms with Crippen molar-refractivity contribution in [3.8, 4) is 0 Å². The van der Waals surface area contributed by atoms with Crippen LogP contribution in [0.15, 0.2) is 30.3 Å². The number of nitrogens with one attached hydrogen (secondary N) is 1. The number of carbonyl (C=O) groups is 2. The number of rotatable bonds is 4. The number of benzene rings is 1. The molecule has 2 heterocycles. The molecule has 166 valence electrons. The standard InChI is InChI=1S/C23H35N3O4/c1-23(2,3)30-22(28)26-14-11-24-16-20(26)15-18-9-12-25(13-10-18)21(27)29-17-19-7-5-4-6-8-19/h4-8,18,20,24H,9-17H2,1-3H3. The van der Waals surface area contributed by atoms with Crippen LogP contribution in [0.3, 0.4) is 0 Å². The van der Waals surface area contributed by atoms with Gasteiger partial charge in [0.05, 0.1) is 0 Å². The second kappa shape index (κ2) is 10.2. The summed E-state index contributed by atoms with van der Waals surface area (Å²) in [6, 6.07) is 9.87. The van der Waals surface area contributed by atoms with E-state index in [1.54, 1.807) is 4.90 Å². The molecule has 1 aromatic rings. The van der Waals surface area contributed by atoms with E-state index in [0.717, 1.165) is 37.9 Å². The molecule has 7 nitrogen and oxygen atoms in total. The first-order chi connectivity index (χ1) is 14.3. The number of nitrogens with zero attached hydrogens (tertiary/aromatic N) is 2. The second-order valence-electron chi connectivity index (χ2n) is 9.24. The summed E-state index contributed by atoms with van der Waals surface area (Å²) in [7, 11) is 0. The third-order valence-electron chi connectivity index (χ3n) is 5.66. The van der Waals surface area contributed by atoms with E-state index < -0.39 is 5.60 Å². The van der Waals surface area contributed by atoms with Gasteiger partial charge in [0.1, 0.15) is 12.2 Å². The highest BCUT2D eigenvalue weighted by Gasteiger charge is 2.33.